The Bertz CT molecular complexity index is 1310. The number of carbonyl (C=O) groups is 2. The number of anilines is 1. The predicted octanol–water partition coefficient (Wildman–Crippen LogP) is 4.26. The van der Waals surface area contributed by atoms with Crippen LogP contribution in [0.5, 0.6) is 0 Å². The van der Waals surface area contributed by atoms with Gasteiger partial charge in [0.1, 0.15) is 11.6 Å². The zero-order valence-corrected chi connectivity index (χ0v) is 18.0. The van der Waals surface area contributed by atoms with Crippen LogP contribution in [0.25, 0.3) is 11.0 Å². The van der Waals surface area contributed by atoms with Crippen LogP contribution in [0.15, 0.2) is 76.6 Å². The van der Waals surface area contributed by atoms with E-state index in [0.717, 1.165) is 16.5 Å². The van der Waals surface area contributed by atoms with E-state index in [1.54, 1.807) is 18.5 Å². The molecule has 0 saturated heterocycles. The molecule has 0 N–H and O–H groups in total. The average molecular weight is 446 g/mol. The largest absolute Gasteiger partial charge is 0.467 e. The van der Waals surface area contributed by atoms with E-state index in [0.29, 0.717) is 28.6 Å². The van der Waals surface area contributed by atoms with Gasteiger partial charge in [-0.25, -0.2) is 14.8 Å². The maximum Gasteiger partial charge on any atom is 0.329 e. The molecule has 3 heterocycles. The molecule has 0 bridgehead atoms. The number of nitrogens with zero attached hydrogens (tertiary/aromatic N) is 3. The average Bonchev–Trinajstić information content (AvgIpc) is 3.41. The van der Waals surface area contributed by atoms with Crippen molar-refractivity contribution in [3.63, 3.8) is 0 Å². The number of hydrogen-bond donors (Lipinski definition) is 0. The third-order valence-corrected chi connectivity index (χ3v) is 6.35. The molecule has 7 nitrogen and oxygen atoms in total. The van der Waals surface area contributed by atoms with Crippen molar-refractivity contribution in [3.8, 4) is 0 Å². The van der Waals surface area contributed by atoms with Crippen LogP contribution in [0.4, 0.5) is 5.69 Å². The molecule has 1 aliphatic heterocycles. The number of para-hydroxylation sites is 2. The highest BCUT2D eigenvalue weighted by Gasteiger charge is 2.41. The molecule has 2 aromatic carbocycles. The number of rotatable bonds is 5. The lowest BCUT2D eigenvalue weighted by Gasteiger charge is -2.23. The normalized spacial score (nSPS) is 15.0. The first-order valence-corrected chi connectivity index (χ1v) is 11.1. The van der Waals surface area contributed by atoms with Crippen molar-refractivity contribution in [3.05, 3.63) is 83.9 Å². The molecule has 1 unspecified atom stereocenters. The summed E-state index contributed by atoms with van der Waals surface area (Å²) in [5.41, 5.74) is 2.97. The molecule has 4 aromatic rings. The topological polar surface area (TPSA) is 85.5 Å². The lowest BCUT2D eigenvalue weighted by Crippen LogP contribution is -2.43. The van der Waals surface area contributed by atoms with Gasteiger partial charge >= 0.3 is 5.97 Å². The lowest BCUT2D eigenvalue weighted by atomic mass is 10.1. The molecule has 2 aromatic heterocycles. The molecule has 0 aliphatic carbocycles. The molecule has 32 heavy (non-hydrogen) atoms. The molecule has 0 spiro atoms. The minimum absolute atomic E-state index is 0.209. The molecular formula is C24H19N3O4S. The standard InChI is InChI=1S/C24H19N3O4S/c1-30-23(29)19-13-15-7-2-4-9-18(15)27(19)22(28)21-17(14-32-24-25-11-6-12-26-24)16-8-3-5-10-20(16)31-21/h2-12,19H,13-14H2,1H3. The number of benzene rings is 2. The smallest absolute Gasteiger partial charge is 0.329 e. The van der Waals surface area contributed by atoms with Gasteiger partial charge in [-0.05, 0) is 23.8 Å². The summed E-state index contributed by atoms with van der Waals surface area (Å²) in [4.78, 5) is 36.3. The number of carbonyl (C=O) groups excluding carboxylic acids is 2. The molecule has 0 saturated carbocycles. The predicted molar refractivity (Wildman–Crippen MR) is 121 cm³/mol. The Morgan fingerprint density at radius 3 is 2.66 bits per heavy atom. The fraction of sp³-hybridized carbons (Fsp3) is 0.167. The Balaban J connectivity index is 1.57. The third-order valence-electron chi connectivity index (χ3n) is 5.45. The summed E-state index contributed by atoms with van der Waals surface area (Å²) < 4.78 is 11.0. The van der Waals surface area contributed by atoms with E-state index in [9.17, 15) is 9.59 Å². The molecule has 1 atom stereocenters. The van der Waals surface area contributed by atoms with Crippen LogP contribution in [0, 0.1) is 0 Å². The maximum absolute atomic E-state index is 13.8. The van der Waals surface area contributed by atoms with Crippen molar-refractivity contribution in [1.82, 2.24) is 9.97 Å². The van der Waals surface area contributed by atoms with Gasteiger partial charge in [0.05, 0.1) is 7.11 Å². The van der Waals surface area contributed by atoms with E-state index in [2.05, 4.69) is 9.97 Å². The number of furan rings is 1. The number of hydrogen-bond acceptors (Lipinski definition) is 7. The third kappa shape index (κ3) is 3.52. The Morgan fingerprint density at radius 2 is 1.84 bits per heavy atom. The SMILES string of the molecule is COC(=O)C1Cc2ccccc2N1C(=O)c1oc2ccccc2c1CSc1ncccn1. The van der Waals surface area contributed by atoms with Gasteiger partial charge < -0.3 is 9.15 Å². The van der Waals surface area contributed by atoms with E-state index in [4.69, 9.17) is 9.15 Å². The first kappa shape index (κ1) is 20.3. The van der Waals surface area contributed by atoms with Crippen LogP contribution in [0.1, 0.15) is 21.7 Å². The van der Waals surface area contributed by atoms with Crippen molar-refractivity contribution >= 4 is 40.3 Å². The van der Waals surface area contributed by atoms with Gasteiger partial charge in [-0.1, -0.05) is 48.2 Å². The number of thioether (sulfide) groups is 1. The molecule has 0 radical (unpaired) electrons. The van der Waals surface area contributed by atoms with E-state index >= 15 is 0 Å². The molecule has 5 rings (SSSR count). The minimum Gasteiger partial charge on any atom is -0.467 e. The Hall–Kier alpha value is -3.65. The van der Waals surface area contributed by atoms with Gasteiger partial charge in [-0.15, -0.1) is 0 Å². The zero-order valence-electron chi connectivity index (χ0n) is 17.2. The van der Waals surface area contributed by atoms with Gasteiger partial charge in [0.15, 0.2) is 10.9 Å². The highest BCUT2D eigenvalue weighted by Crippen LogP contribution is 2.37. The summed E-state index contributed by atoms with van der Waals surface area (Å²) in [6, 6.07) is 16.0. The summed E-state index contributed by atoms with van der Waals surface area (Å²) >= 11 is 1.42. The zero-order chi connectivity index (χ0) is 22.1. The van der Waals surface area contributed by atoms with Crippen LogP contribution in [0.3, 0.4) is 0 Å². The van der Waals surface area contributed by atoms with Crippen LogP contribution < -0.4 is 4.90 Å². The molecule has 0 fully saturated rings. The van der Waals surface area contributed by atoms with Crippen LogP contribution >= 0.6 is 11.8 Å². The number of ether oxygens (including phenoxy) is 1. The molecular weight excluding hydrogens is 426 g/mol. The first-order valence-electron chi connectivity index (χ1n) is 10.1. The fourth-order valence-corrected chi connectivity index (χ4v) is 4.81. The highest BCUT2D eigenvalue weighted by molar-refractivity contribution is 7.98. The second-order valence-corrected chi connectivity index (χ2v) is 8.22. The van der Waals surface area contributed by atoms with Crippen molar-refractivity contribution in [2.24, 2.45) is 0 Å². The molecule has 160 valence electrons. The van der Waals surface area contributed by atoms with Gasteiger partial charge in [0, 0.05) is 41.2 Å². The summed E-state index contributed by atoms with van der Waals surface area (Å²) in [6.45, 7) is 0. The molecule has 8 heteroatoms. The van der Waals surface area contributed by atoms with Gasteiger partial charge in [-0.3, -0.25) is 9.69 Å². The number of amides is 1. The molecule has 1 amide bonds. The monoisotopic (exact) mass is 445 g/mol. The quantitative estimate of drug-likeness (QED) is 0.258. The number of esters is 1. The van der Waals surface area contributed by atoms with Gasteiger partial charge in [0.2, 0.25) is 0 Å². The summed E-state index contributed by atoms with van der Waals surface area (Å²) in [6.07, 6.45) is 3.75. The summed E-state index contributed by atoms with van der Waals surface area (Å²) in [7, 11) is 1.33. The summed E-state index contributed by atoms with van der Waals surface area (Å²) in [5, 5.41) is 1.46. The van der Waals surface area contributed by atoms with E-state index in [1.165, 1.54) is 23.8 Å². The number of methoxy groups -OCH3 is 1. The van der Waals surface area contributed by atoms with E-state index in [-0.39, 0.29) is 11.7 Å². The van der Waals surface area contributed by atoms with Crippen molar-refractivity contribution in [1.29, 1.82) is 0 Å². The van der Waals surface area contributed by atoms with E-state index in [1.807, 2.05) is 48.5 Å². The van der Waals surface area contributed by atoms with Crippen LogP contribution in [-0.4, -0.2) is 35.0 Å². The highest BCUT2D eigenvalue weighted by atomic mass is 32.2. The Kier molecular flexibility index (Phi) is 5.36. The van der Waals surface area contributed by atoms with Crippen molar-refractivity contribution < 1.29 is 18.7 Å². The number of fused-ring (bicyclic) bond motifs is 2. The van der Waals surface area contributed by atoms with Crippen molar-refractivity contribution in [2.75, 3.05) is 12.0 Å². The fourth-order valence-electron chi connectivity index (χ4n) is 3.98. The van der Waals surface area contributed by atoms with Gasteiger partial charge in [-0.2, -0.15) is 0 Å². The number of aromatic nitrogens is 2. The lowest BCUT2D eigenvalue weighted by molar-refractivity contribution is -0.141. The second-order valence-electron chi connectivity index (χ2n) is 7.27. The minimum atomic E-state index is -0.740. The second kappa shape index (κ2) is 8.47. The molecule has 1 aliphatic rings. The summed E-state index contributed by atoms with van der Waals surface area (Å²) in [5.74, 6) is -0.175. The Labute approximate surface area is 188 Å². The van der Waals surface area contributed by atoms with Gasteiger partial charge in [0.25, 0.3) is 5.91 Å². The maximum atomic E-state index is 13.8. The van der Waals surface area contributed by atoms with Crippen LogP contribution in [-0.2, 0) is 21.7 Å². The van der Waals surface area contributed by atoms with Crippen molar-refractivity contribution in [2.45, 2.75) is 23.4 Å². The van der Waals surface area contributed by atoms with E-state index < -0.39 is 12.0 Å². The Morgan fingerprint density at radius 1 is 1.09 bits per heavy atom. The van der Waals surface area contributed by atoms with Crippen LogP contribution in [0.2, 0.25) is 0 Å². The first-order chi connectivity index (χ1) is 15.7.